The van der Waals surface area contributed by atoms with Crippen molar-refractivity contribution in [1.29, 1.82) is 0 Å². The maximum atomic E-state index is 12.7. The zero-order chi connectivity index (χ0) is 20.4. The number of amides is 1. The Kier molecular flexibility index (Phi) is 5.24. The van der Waals surface area contributed by atoms with Gasteiger partial charge in [-0.2, -0.15) is 5.10 Å². The van der Waals surface area contributed by atoms with Crippen molar-refractivity contribution in [3.8, 4) is 0 Å². The van der Waals surface area contributed by atoms with Gasteiger partial charge in [0.15, 0.2) is 9.84 Å². The van der Waals surface area contributed by atoms with Gasteiger partial charge in [-0.25, -0.2) is 8.42 Å². The Hall–Kier alpha value is -2.93. The molecule has 1 heterocycles. The normalized spacial score (nSPS) is 16.2. The Morgan fingerprint density at radius 2 is 1.86 bits per heavy atom. The highest BCUT2D eigenvalue weighted by Gasteiger charge is 2.26. The molecule has 0 aliphatic heterocycles. The van der Waals surface area contributed by atoms with Crippen LogP contribution < -0.4 is 5.32 Å². The highest BCUT2D eigenvalue weighted by atomic mass is 32.2. The summed E-state index contributed by atoms with van der Waals surface area (Å²) in [6.07, 6.45) is 5.79. The molecule has 1 N–H and O–H groups in total. The molecule has 4 rings (SSSR count). The molecule has 1 aliphatic rings. The van der Waals surface area contributed by atoms with E-state index in [1.165, 1.54) is 17.7 Å². The molecule has 0 bridgehead atoms. The minimum absolute atomic E-state index is 0.0923. The molecule has 1 amide bonds. The van der Waals surface area contributed by atoms with E-state index in [0.717, 1.165) is 36.8 Å². The Morgan fingerprint density at radius 1 is 1.14 bits per heavy atom. The maximum Gasteiger partial charge on any atom is 0.251 e. The molecule has 1 unspecified atom stereocenters. The average Bonchev–Trinajstić information content (AvgIpc) is 3.12. The lowest BCUT2D eigenvalue weighted by atomic mass is 9.92. The number of nitrogens with one attached hydrogen (secondary N) is 1. The fourth-order valence-electron chi connectivity index (χ4n) is 3.76. The fraction of sp³-hybridized carbons (Fsp3) is 0.273. The summed E-state index contributed by atoms with van der Waals surface area (Å²) in [5, 5.41) is 7.65. The zero-order valence-electron chi connectivity index (χ0n) is 16.2. The Bertz CT molecular complexity index is 1120. The summed E-state index contributed by atoms with van der Waals surface area (Å²) in [5.41, 5.74) is 3.86. The molecule has 6 nitrogen and oxygen atoms in total. The van der Waals surface area contributed by atoms with Crippen LogP contribution in [0.5, 0.6) is 0 Å². The largest absolute Gasteiger partial charge is 0.345 e. The molecule has 3 aromatic rings. The van der Waals surface area contributed by atoms with Crippen molar-refractivity contribution in [3.63, 3.8) is 0 Å². The standard InChI is InChI=1S/C22H23N3O3S/c1-29(27,28)18-12-10-17(11-13-18)22(26)24-20-8-5-9-21-19(20)14-23-25(21)15-16-6-3-2-4-7-16/h2-4,6-7,10-14,20H,5,8-9,15H2,1H3,(H,24,26). The molecule has 150 valence electrons. The van der Waals surface area contributed by atoms with Gasteiger partial charge in [0.1, 0.15) is 0 Å². The van der Waals surface area contributed by atoms with Gasteiger partial charge in [-0.1, -0.05) is 30.3 Å². The smallest absolute Gasteiger partial charge is 0.251 e. The van der Waals surface area contributed by atoms with Crippen LogP contribution in [0.4, 0.5) is 0 Å². The van der Waals surface area contributed by atoms with Gasteiger partial charge < -0.3 is 5.32 Å². The quantitative estimate of drug-likeness (QED) is 0.702. The van der Waals surface area contributed by atoms with Crippen molar-refractivity contribution >= 4 is 15.7 Å². The first-order chi connectivity index (χ1) is 13.9. The van der Waals surface area contributed by atoms with Crippen LogP contribution in [0.25, 0.3) is 0 Å². The molecule has 2 aromatic carbocycles. The van der Waals surface area contributed by atoms with Crippen molar-refractivity contribution in [3.05, 3.63) is 83.2 Å². The van der Waals surface area contributed by atoms with Gasteiger partial charge in [-0.15, -0.1) is 0 Å². The number of rotatable bonds is 5. The maximum absolute atomic E-state index is 12.7. The highest BCUT2D eigenvalue weighted by molar-refractivity contribution is 7.90. The summed E-state index contributed by atoms with van der Waals surface area (Å²) < 4.78 is 25.2. The number of nitrogens with zero attached hydrogens (tertiary/aromatic N) is 2. The second-order valence-corrected chi connectivity index (χ2v) is 9.42. The SMILES string of the molecule is CS(=O)(=O)c1ccc(C(=O)NC2CCCc3c2cnn3Cc2ccccc2)cc1. The van der Waals surface area contributed by atoms with E-state index in [9.17, 15) is 13.2 Å². The average molecular weight is 410 g/mol. The molecule has 0 radical (unpaired) electrons. The second kappa shape index (κ2) is 7.83. The van der Waals surface area contributed by atoms with Gasteiger partial charge in [0.2, 0.25) is 0 Å². The number of aromatic nitrogens is 2. The predicted molar refractivity (Wildman–Crippen MR) is 110 cm³/mol. The van der Waals surface area contributed by atoms with E-state index < -0.39 is 9.84 Å². The molecule has 1 aromatic heterocycles. The first-order valence-corrected chi connectivity index (χ1v) is 11.5. The van der Waals surface area contributed by atoms with Gasteiger partial charge in [0.05, 0.1) is 23.7 Å². The number of carbonyl (C=O) groups excluding carboxylic acids is 1. The van der Waals surface area contributed by atoms with E-state index in [1.54, 1.807) is 12.1 Å². The van der Waals surface area contributed by atoms with Crippen molar-refractivity contribution in [2.75, 3.05) is 6.26 Å². The number of sulfone groups is 1. The molecular formula is C22H23N3O3S. The molecule has 0 saturated heterocycles. The van der Waals surface area contributed by atoms with E-state index in [4.69, 9.17) is 0 Å². The van der Waals surface area contributed by atoms with E-state index >= 15 is 0 Å². The van der Waals surface area contributed by atoms with Gasteiger partial charge >= 0.3 is 0 Å². The number of carbonyl (C=O) groups is 1. The summed E-state index contributed by atoms with van der Waals surface area (Å²) in [6.45, 7) is 0.712. The van der Waals surface area contributed by atoms with Crippen molar-refractivity contribution in [2.45, 2.75) is 36.7 Å². The van der Waals surface area contributed by atoms with E-state index in [2.05, 4.69) is 22.5 Å². The summed E-state index contributed by atoms with van der Waals surface area (Å²) in [4.78, 5) is 12.9. The van der Waals surface area contributed by atoms with Crippen LogP contribution >= 0.6 is 0 Å². The van der Waals surface area contributed by atoms with Gasteiger partial charge in [-0.3, -0.25) is 9.48 Å². The first kappa shape index (κ1) is 19.4. The first-order valence-electron chi connectivity index (χ1n) is 9.61. The summed E-state index contributed by atoms with van der Waals surface area (Å²) in [5.74, 6) is -0.210. The molecular weight excluding hydrogens is 386 g/mol. The lowest BCUT2D eigenvalue weighted by molar-refractivity contribution is 0.0932. The van der Waals surface area contributed by atoms with Gasteiger partial charge in [0, 0.05) is 23.1 Å². The Balaban J connectivity index is 1.50. The topological polar surface area (TPSA) is 81.1 Å². The molecule has 0 spiro atoms. The van der Waals surface area contributed by atoms with Gasteiger partial charge in [0.25, 0.3) is 5.91 Å². The molecule has 7 heteroatoms. The lowest BCUT2D eigenvalue weighted by Gasteiger charge is -2.24. The summed E-state index contributed by atoms with van der Waals surface area (Å²) in [6, 6.07) is 16.1. The molecule has 0 fully saturated rings. The number of hydrogen-bond acceptors (Lipinski definition) is 4. The third-order valence-corrected chi connectivity index (χ3v) is 6.42. The van der Waals surface area contributed by atoms with E-state index in [0.29, 0.717) is 12.1 Å². The number of hydrogen-bond donors (Lipinski definition) is 1. The summed E-state index contributed by atoms with van der Waals surface area (Å²) in [7, 11) is -3.28. The lowest BCUT2D eigenvalue weighted by Crippen LogP contribution is -2.31. The van der Waals surface area contributed by atoms with Crippen LogP contribution in [-0.2, 0) is 22.8 Å². The van der Waals surface area contributed by atoms with E-state index in [-0.39, 0.29) is 16.8 Å². The minimum atomic E-state index is -3.28. The monoisotopic (exact) mass is 409 g/mol. The Labute approximate surface area is 170 Å². The minimum Gasteiger partial charge on any atom is -0.345 e. The van der Waals surface area contributed by atoms with E-state index in [1.807, 2.05) is 29.1 Å². The van der Waals surface area contributed by atoms with Crippen LogP contribution in [0.3, 0.4) is 0 Å². The van der Waals surface area contributed by atoms with Crippen LogP contribution in [-0.4, -0.2) is 30.4 Å². The van der Waals surface area contributed by atoms with Crippen molar-refractivity contribution in [2.24, 2.45) is 0 Å². The van der Waals surface area contributed by atoms with Crippen LogP contribution in [0, 0.1) is 0 Å². The second-order valence-electron chi connectivity index (χ2n) is 7.40. The zero-order valence-corrected chi connectivity index (χ0v) is 17.0. The number of fused-ring (bicyclic) bond motifs is 1. The van der Waals surface area contributed by atoms with Gasteiger partial charge in [-0.05, 0) is 49.1 Å². The Morgan fingerprint density at radius 3 is 2.55 bits per heavy atom. The molecule has 1 aliphatic carbocycles. The van der Waals surface area contributed by atoms with Crippen LogP contribution in [0.1, 0.15) is 46.1 Å². The third kappa shape index (κ3) is 4.24. The fourth-order valence-corrected chi connectivity index (χ4v) is 4.39. The van der Waals surface area contributed by atoms with Crippen LogP contribution in [0.15, 0.2) is 65.7 Å². The molecule has 29 heavy (non-hydrogen) atoms. The van der Waals surface area contributed by atoms with Crippen LogP contribution in [0.2, 0.25) is 0 Å². The number of benzene rings is 2. The molecule has 1 atom stereocenters. The van der Waals surface area contributed by atoms with Crippen molar-refractivity contribution < 1.29 is 13.2 Å². The third-order valence-electron chi connectivity index (χ3n) is 5.29. The molecule has 0 saturated carbocycles. The van der Waals surface area contributed by atoms with Crippen molar-refractivity contribution in [1.82, 2.24) is 15.1 Å². The predicted octanol–water partition coefficient (Wildman–Crippen LogP) is 3.14. The summed E-state index contributed by atoms with van der Waals surface area (Å²) >= 11 is 0. The highest BCUT2D eigenvalue weighted by Crippen LogP contribution is 2.30.